The zero-order valence-electron chi connectivity index (χ0n) is 8.97. The molecule has 2 aromatic rings. The molecule has 16 heavy (non-hydrogen) atoms. The van der Waals surface area contributed by atoms with Crippen LogP contribution < -0.4 is 5.73 Å². The lowest BCUT2D eigenvalue weighted by Gasteiger charge is -1.99. The lowest BCUT2D eigenvalue weighted by molar-refractivity contribution is 0.712. The van der Waals surface area contributed by atoms with Gasteiger partial charge in [-0.25, -0.2) is 9.50 Å². The van der Waals surface area contributed by atoms with Crippen LogP contribution in [0.25, 0.3) is 5.65 Å². The summed E-state index contributed by atoms with van der Waals surface area (Å²) in [7, 11) is 0. The smallest absolute Gasteiger partial charge is 0.155 e. The standard InChI is InChI=1S/C11H14N4S/c12-5-8-1-2-10-13-11(14-15(10)6-8)9-3-4-16-7-9/h1-2,6,9H,3-5,7,12H2. The second-order valence-corrected chi connectivity index (χ2v) is 5.22. The quantitative estimate of drug-likeness (QED) is 0.853. The van der Waals surface area contributed by atoms with E-state index in [0.29, 0.717) is 12.5 Å². The first-order valence-electron chi connectivity index (χ1n) is 5.50. The van der Waals surface area contributed by atoms with E-state index in [0.717, 1.165) is 22.8 Å². The van der Waals surface area contributed by atoms with E-state index in [1.165, 1.54) is 12.2 Å². The summed E-state index contributed by atoms with van der Waals surface area (Å²) < 4.78 is 1.85. The number of rotatable bonds is 2. The fourth-order valence-electron chi connectivity index (χ4n) is 1.97. The van der Waals surface area contributed by atoms with E-state index in [1.54, 1.807) is 0 Å². The molecule has 0 bridgehead atoms. The van der Waals surface area contributed by atoms with Gasteiger partial charge in [0.1, 0.15) is 0 Å². The first-order chi connectivity index (χ1) is 7.86. The van der Waals surface area contributed by atoms with Crippen molar-refractivity contribution in [1.82, 2.24) is 14.6 Å². The molecule has 5 heteroatoms. The Morgan fingerprint density at radius 1 is 1.50 bits per heavy atom. The molecule has 1 aliphatic heterocycles. The Bertz CT molecular complexity index is 502. The van der Waals surface area contributed by atoms with Crippen LogP contribution in [0, 0.1) is 0 Å². The number of pyridine rings is 1. The average molecular weight is 234 g/mol. The molecule has 1 aliphatic rings. The molecule has 1 unspecified atom stereocenters. The summed E-state index contributed by atoms with van der Waals surface area (Å²) >= 11 is 1.99. The predicted octanol–water partition coefficient (Wildman–Crippen LogP) is 1.41. The lowest BCUT2D eigenvalue weighted by Crippen LogP contribution is -2.00. The van der Waals surface area contributed by atoms with Crippen molar-refractivity contribution in [2.45, 2.75) is 18.9 Å². The summed E-state index contributed by atoms with van der Waals surface area (Å²) in [5.41, 5.74) is 7.61. The van der Waals surface area contributed by atoms with Crippen molar-refractivity contribution in [3.8, 4) is 0 Å². The normalized spacial score (nSPS) is 20.7. The molecule has 3 rings (SSSR count). The highest BCUT2D eigenvalue weighted by Crippen LogP contribution is 2.30. The number of thioether (sulfide) groups is 1. The fourth-order valence-corrected chi connectivity index (χ4v) is 3.19. The highest BCUT2D eigenvalue weighted by Gasteiger charge is 2.21. The van der Waals surface area contributed by atoms with E-state index >= 15 is 0 Å². The largest absolute Gasteiger partial charge is 0.326 e. The van der Waals surface area contributed by atoms with Gasteiger partial charge in [0.2, 0.25) is 0 Å². The zero-order valence-corrected chi connectivity index (χ0v) is 9.78. The summed E-state index contributed by atoms with van der Waals surface area (Å²) in [4.78, 5) is 4.57. The minimum atomic E-state index is 0.534. The van der Waals surface area contributed by atoms with Gasteiger partial charge >= 0.3 is 0 Å². The van der Waals surface area contributed by atoms with Crippen molar-refractivity contribution in [3.63, 3.8) is 0 Å². The Balaban J connectivity index is 2.01. The van der Waals surface area contributed by atoms with Crippen LogP contribution in [-0.2, 0) is 6.54 Å². The van der Waals surface area contributed by atoms with Crippen molar-refractivity contribution in [2.75, 3.05) is 11.5 Å². The monoisotopic (exact) mass is 234 g/mol. The molecule has 0 spiro atoms. The first kappa shape index (κ1) is 10.1. The number of aromatic nitrogens is 3. The minimum absolute atomic E-state index is 0.534. The van der Waals surface area contributed by atoms with E-state index in [-0.39, 0.29) is 0 Å². The molecule has 84 valence electrons. The summed E-state index contributed by atoms with van der Waals surface area (Å²) in [5.74, 6) is 3.90. The molecule has 0 aromatic carbocycles. The third-order valence-corrected chi connectivity index (χ3v) is 4.10. The molecule has 3 heterocycles. The van der Waals surface area contributed by atoms with Crippen molar-refractivity contribution in [3.05, 3.63) is 29.7 Å². The fraction of sp³-hybridized carbons (Fsp3) is 0.455. The first-order valence-corrected chi connectivity index (χ1v) is 6.65. The number of fused-ring (bicyclic) bond motifs is 1. The van der Waals surface area contributed by atoms with Gasteiger partial charge < -0.3 is 5.73 Å². The van der Waals surface area contributed by atoms with E-state index in [4.69, 9.17) is 5.73 Å². The summed E-state index contributed by atoms with van der Waals surface area (Å²) in [5, 5.41) is 4.54. The van der Waals surface area contributed by atoms with Crippen LogP contribution in [0.15, 0.2) is 18.3 Å². The summed E-state index contributed by atoms with van der Waals surface area (Å²) in [6, 6.07) is 4.00. The van der Waals surface area contributed by atoms with E-state index < -0.39 is 0 Å². The highest BCUT2D eigenvalue weighted by molar-refractivity contribution is 7.99. The van der Waals surface area contributed by atoms with E-state index in [1.807, 2.05) is 34.6 Å². The molecule has 1 atom stereocenters. The highest BCUT2D eigenvalue weighted by atomic mass is 32.2. The molecule has 4 nitrogen and oxygen atoms in total. The van der Waals surface area contributed by atoms with E-state index in [9.17, 15) is 0 Å². The number of hydrogen-bond donors (Lipinski definition) is 1. The van der Waals surface area contributed by atoms with Gasteiger partial charge in [0.15, 0.2) is 11.5 Å². The van der Waals surface area contributed by atoms with Crippen LogP contribution in [0.3, 0.4) is 0 Å². The van der Waals surface area contributed by atoms with Crippen LogP contribution in [0.4, 0.5) is 0 Å². The Labute approximate surface area is 98.2 Å². The van der Waals surface area contributed by atoms with Gasteiger partial charge in [-0.1, -0.05) is 6.07 Å². The summed E-state index contributed by atoms with van der Waals surface area (Å²) in [6.07, 6.45) is 3.17. The van der Waals surface area contributed by atoms with Gasteiger partial charge in [-0.3, -0.25) is 0 Å². The molecule has 0 saturated carbocycles. The second-order valence-electron chi connectivity index (χ2n) is 4.07. The van der Waals surface area contributed by atoms with E-state index in [2.05, 4.69) is 10.1 Å². The zero-order chi connectivity index (χ0) is 11.0. The Hall–Kier alpha value is -1.07. The predicted molar refractivity (Wildman–Crippen MR) is 65.6 cm³/mol. The number of nitrogens with zero attached hydrogens (tertiary/aromatic N) is 3. The Kier molecular flexibility index (Phi) is 2.57. The van der Waals surface area contributed by atoms with Crippen LogP contribution in [0.2, 0.25) is 0 Å². The third-order valence-electron chi connectivity index (χ3n) is 2.94. The van der Waals surface area contributed by atoms with Gasteiger partial charge in [0.25, 0.3) is 0 Å². The molecule has 0 radical (unpaired) electrons. The maximum Gasteiger partial charge on any atom is 0.155 e. The molecular formula is C11H14N4S. The third kappa shape index (κ3) is 1.70. The topological polar surface area (TPSA) is 56.2 Å². The minimum Gasteiger partial charge on any atom is -0.326 e. The van der Waals surface area contributed by atoms with Gasteiger partial charge in [-0.15, -0.1) is 0 Å². The number of nitrogens with two attached hydrogens (primary N) is 1. The van der Waals surface area contributed by atoms with Gasteiger partial charge in [-0.2, -0.15) is 16.9 Å². The molecule has 0 amide bonds. The van der Waals surface area contributed by atoms with Crippen molar-refractivity contribution >= 4 is 17.4 Å². The lowest BCUT2D eigenvalue weighted by atomic mass is 10.1. The van der Waals surface area contributed by atoms with Crippen LogP contribution in [0.5, 0.6) is 0 Å². The van der Waals surface area contributed by atoms with Crippen LogP contribution in [-0.4, -0.2) is 26.1 Å². The van der Waals surface area contributed by atoms with Crippen molar-refractivity contribution in [1.29, 1.82) is 0 Å². The van der Waals surface area contributed by atoms with Crippen molar-refractivity contribution in [2.24, 2.45) is 5.73 Å². The number of hydrogen-bond acceptors (Lipinski definition) is 4. The van der Waals surface area contributed by atoms with Crippen LogP contribution in [0.1, 0.15) is 23.7 Å². The maximum atomic E-state index is 5.60. The van der Waals surface area contributed by atoms with Crippen LogP contribution >= 0.6 is 11.8 Å². The Morgan fingerprint density at radius 3 is 3.19 bits per heavy atom. The van der Waals surface area contributed by atoms with Gasteiger partial charge in [0, 0.05) is 24.4 Å². The SMILES string of the molecule is NCc1ccc2nc(C3CCSC3)nn2c1. The maximum absolute atomic E-state index is 5.60. The molecule has 2 N–H and O–H groups in total. The Morgan fingerprint density at radius 2 is 2.44 bits per heavy atom. The molecule has 1 fully saturated rings. The average Bonchev–Trinajstić information content (AvgIpc) is 2.96. The molecule has 2 aromatic heterocycles. The van der Waals surface area contributed by atoms with Gasteiger partial charge in [0.05, 0.1) is 0 Å². The summed E-state index contributed by atoms with van der Waals surface area (Å²) in [6.45, 7) is 0.546. The molecule has 1 saturated heterocycles. The second kappa shape index (κ2) is 4.07. The van der Waals surface area contributed by atoms with Gasteiger partial charge in [-0.05, 0) is 23.8 Å². The molecule has 0 aliphatic carbocycles. The molecular weight excluding hydrogens is 220 g/mol. The van der Waals surface area contributed by atoms with Crippen molar-refractivity contribution < 1.29 is 0 Å².